The van der Waals surface area contributed by atoms with Crippen molar-refractivity contribution in [2.75, 3.05) is 38.5 Å². The van der Waals surface area contributed by atoms with Crippen LogP contribution in [0.5, 0.6) is 0 Å². The number of rotatable bonds is 7. The number of thiazole rings is 1. The van der Waals surface area contributed by atoms with Gasteiger partial charge in [0.2, 0.25) is 0 Å². The molecule has 1 saturated heterocycles. The number of likely N-dealkylation sites (N-methyl/N-ethyl adjacent to an activating group) is 1. The topological polar surface area (TPSA) is 61.4 Å². The third kappa shape index (κ3) is 6.43. The van der Waals surface area contributed by atoms with Crippen LogP contribution in [0.2, 0.25) is 5.02 Å². The number of nitrogens with zero attached hydrogens (tertiary/aromatic N) is 4. The standard InChI is InChI=1S/C29H30ClN5OS/c1-20-5-8-25(14-24(20)16-28-33-27(19-37-28)22-4-3-9-31-17-22)32-29(36)21-6-7-23(26(30)15-21)18-35-12-10-34(2)11-13-35/h3-9,14-15,17,19H,10-13,16,18H2,1-2H3,(H,32,36). The van der Waals surface area contributed by atoms with Gasteiger partial charge in [-0.2, -0.15) is 0 Å². The van der Waals surface area contributed by atoms with E-state index < -0.39 is 0 Å². The SMILES string of the molecule is Cc1ccc(NC(=O)c2ccc(CN3CCN(C)CC3)c(Cl)c2)cc1Cc1nc(-c2cccnc2)cs1. The van der Waals surface area contributed by atoms with Crippen LogP contribution in [0.1, 0.15) is 32.1 Å². The first-order chi connectivity index (χ1) is 17.9. The zero-order valence-electron chi connectivity index (χ0n) is 21.1. The number of carbonyl (C=O) groups is 1. The summed E-state index contributed by atoms with van der Waals surface area (Å²) in [6.07, 6.45) is 4.29. The number of pyridine rings is 1. The van der Waals surface area contributed by atoms with Crippen molar-refractivity contribution in [2.24, 2.45) is 0 Å². The molecule has 0 unspecified atom stereocenters. The monoisotopic (exact) mass is 531 g/mol. The van der Waals surface area contributed by atoms with Crippen molar-refractivity contribution in [2.45, 2.75) is 19.9 Å². The molecule has 0 atom stereocenters. The second-order valence-electron chi connectivity index (χ2n) is 9.53. The molecule has 3 heterocycles. The highest BCUT2D eigenvalue weighted by molar-refractivity contribution is 7.10. The number of piperazine rings is 1. The largest absolute Gasteiger partial charge is 0.322 e. The van der Waals surface area contributed by atoms with Crippen LogP contribution in [0.15, 0.2) is 66.3 Å². The fraction of sp³-hybridized carbons (Fsp3) is 0.276. The van der Waals surface area contributed by atoms with Crippen molar-refractivity contribution in [3.05, 3.63) is 98.6 Å². The van der Waals surface area contributed by atoms with Gasteiger partial charge in [0, 0.05) is 78.8 Å². The summed E-state index contributed by atoms with van der Waals surface area (Å²) in [5.74, 6) is -0.170. The van der Waals surface area contributed by atoms with Crippen LogP contribution in [0, 0.1) is 6.92 Å². The molecule has 2 aromatic carbocycles. The molecule has 190 valence electrons. The van der Waals surface area contributed by atoms with Gasteiger partial charge in [-0.25, -0.2) is 4.98 Å². The van der Waals surface area contributed by atoms with E-state index in [1.165, 1.54) is 0 Å². The van der Waals surface area contributed by atoms with Gasteiger partial charge in [-0.1, -0.05) is 23.7 Å². The summed E-state index contributed by atoms with van der Waals surface area (Å²) in [5, 5.41) is 6.75. The molecule has 2 aromatic heterocycles. The summed E-state index contributed by atoms with van der Waals surface area (Å²) in [5.41, 5.74) is 6.59. The zero-order valence-corrected chi connectivity index (χ0v) is 22.6. The number of carbonyl (C=O) groups excluding carboxylic acids is 1. The lowest BCUT2D eigenvalue weighted by atomic mass is 10.0. The van der Waals surface area contributed by atoms with E-state index in [9.17, 15) is 4.79 Å². The molecule has 1 aliphatic rings. The maximum atomic E-state index is 13.0. The van der Waals surface area contributed by atoms with Gasteiger partial charge < -0.3 is 10.2 Å². The maximum Gasteiger partial charge on any atom is 0.255 e. The fourth-order valence-electron chi connectivity index (χ4n) is 4.41. The summed E-state index contributed by atoms with van der Waals surface area (Å²) in [4.78, 5) is 26.7. The average Bonchev–Trinajstić information content (AvgIpc) is 3.37. The Labute approximate surface area is 226 Å². The van der Waals surface area contributed by atoms with E-state index in [0.29, 0.717) is 17.0 Å². The number of nitrogens with one attached hydrogen (secondary N) is 1. The molecule has 37 heavy (non-hydrogen) atoms. The first-order valence-electron chi connectivity index (χ1n) is 12.4. The van der Waals surface area contributed by atoms with Gasteiger partial charge >= 0.3 is 0 Å². The number of hydrogen-bond donors (Lipinski definition) is 1. The van der Waals surface area contributed by atoms with Crippen LogP contribution in [-0.2, 0) is 13.0 Å². The lowest BCUT2D eigenvalue weighted by Crippen LogP contribution is -2.43. The van der Waals surface area contributed by atoms with Crippen LogP contribution < -0.4 is 5.32 Å². The molecule has 6 nitrogen and oxygen atoms in total. The molecule has 0 radical (unpaired) electrons. The highest BCUT2D eigenvalue weighted by Crippen LogP contribution is 2.26. The Bertz CT molecular complexity index is 1380. The number of aryl methyl sites for hydroxylation is 1. The van der Waals surface area contributed by atoms with Crippen molar-refractivity contribution in [1.29, 1.82) is 0 Å². The van der Waals surface area contributed by atoms with Crippen LogP contribution in [0.25, 0.3) is 11.3 Å². The molecule has 1 N–H and O–H groups in total. The molecule has 0 spiro atoms. The molecule has 5 rings (SSSR count). The first kappa shape index (κ1) is 25.5. The molecule has 1 amide bonds. The molecule has 8 heteroatoms. The third-order valence-corrected chi connectivity index (χ3v) is 7.96. The Morgan fingerprint density at radius 1 is 1.08 bits per heavy atom. The van der Waals surface area contributed by atoms with Gasteiger partial charge in [0.25, 0.3) is 5.91 Å². The van der Waals surface area contributed by atoms with Crippen LogP contribution in [-0.4, -0.2) is 58.9 Å². The van der Waals surface area contributed by atoms with Crippen LogP contribution in [0.3, 0.4) is 0 Å². The fourth-order valence-corrected chi connectivity index (χ4v) is 5.48. The lowest BCUT2D eigenvalue weighted by Gasteiger charge is -2.32. The molecular weight excluding hydrogens is 502 g/mol. The van der Waals surface area contributed by atoms with E-state index in [4.69, 9.17) is 16.6 Å². The van der Waals surface area contributed by atoms with Crippen molar-refractivity contribution in [3.63, 3.8) is 0 Å². The van der Waals surface area contributed by atoms with E-state index in [1.54, 1.807) is 23.6 Å². The van der Waals surface area contributed by atoms with Gasteiger partial charge in [0.1, 0.15) is 0 Å². The van der Waals surface area contributed by atoms with Gasteiger partial charge in [0.15, 0.2) is 0 Å². The molecule has 4 aromatic rings. The van der Waals surface area contributed by atoms with Gasteiger partial charge in [-0.05, 0) is 67.1 Å². The van der Waals surface area contributed by atoms with Gasteiger partial charge in [0.05, 0.1) is 10.7 Å². The van der Waals surface area contributed by atoms with E-state index in [0.717, 1.165) is 71.4 Å². The van der Waals surface area contributed by atoms with E-state index in [1.807, 2.05) is 48.7 Å². The predicted octanol–water partition coefficient (Wildman–Crippen LogP) is 5.76. The zero-order chi connectivity index (χ0) is 25.8. The second-order valence-corrected chi connectivity index (χ2v) is 10.9. The van der Waals surface area contributed by atoms with Crippen LogP contribution >= 0.6 is 22.9 Å². The van der Waals surface area contributed by atoms with Crippen LogP contribution in [0.4, 0.5) is 5.69 Å². The third-order valence-electron chi connectivity index (χ3n) is 6.76. The minimum absolute atomic E-state index is 0.170. The van der Waals surface area contributed by atoms with Crippen molar-refractivity contribution >= 4 is 34.5 Å². The summed E-state index contributed by atoms with van der Waals surface area (Å²) in [6.45, 7) is 7.05. The molecule has 0 bridgehead atoms. The number of halogens is 1. The summed E-state index contributed by atoms with van der Waals surface area (Å²) in [6, 6.07) is 15.5. The summed E-state index contributed by atoms with van der Waals surface area (Å²) >= 11 is 8.21. The maximum absolute atomic E-state index is 13.0. The Hall–Kier alpha value is -3.10. The molecular formula is C29H30ClN5OS. The van der Waals surface area contributed by atoms with E-state index in [2.05, 4.69) is 39.5 Å². The predicted molar refractivity (Wildman–Crippen MR) is 152 cm³/mol. The number of hydrogen-bond acceptors (Lipinski definition) is 6. The number of aromatic nitrogens is 2. The quantitative estimate of drug-likeness (QED) is 0.328. The van der Waals surface area contributed by atoms with E-state index in [-0.39, 0.29) is 5.91 Å². The Morgan fingerprint density at radius 2 is 1.92 bits per heavy atom. The summed E-state index contributed by atoms with van der Waals surface area (Å²) in [7, 11) is 2.15. The van der Waals surface area contributed by atoms with Crippen molar-refractivity contribution in [1.82, 2.24) is 19.8 Å². The molecule has 0 aliphatic carbocycles. The Kier molecular flexibility index (Phi) is 7.96. The minimum Gasteiger partial charge on any atom is -0.322 e. The first-order valence-corrected chi connectivity index (χ1v) is 13.7. The van der Waals surface area contributed by atoms with Gasteiger partial charge in [-0.15, -0.1) is 11.3 Å². The smallest absolute Gasteiger partial charge is 0.255 e. The molecule has 0 saturated carbocycles. The normalized spacial score (nSPS) is 14.6. The van der Waals surface area contributed by atoms with Crippen molar-refractivity contribution in [3.8, 4) is 11.3 Å². The molecule has 1 fully saturated rings. The Balaban J connectivity index is 1.24. The highest BCUT2D eigenvalue weighted by atomic mass is 35.5. The van der Waals surface area contributed by atoms with E-state index >= 15 is 0 Å². The highest BCUT2D eigenvalue weighted by Gasteiger charge is 2.16. The minimum atomic E-state index is -0.170. The number of benzene rings is 2. The van der Waals surface area contributed by atoms with Crippen molar-refractivity contribution < 1.29 is 4.79 Å². The van der Waals surface area contributed by atoms with Gasteiger partial charge in [-0.3, -0.25) is 14.7 Å². The average molecular weight is 532 g/mol. The number of amides is 1. The summed E-state index contributed by atoms with van der Waals surface area (Å²) < 4.78 is 0. The Morgan fingerprint density at radius 3 is 2.68 bits per heavy atom. The molecule has 1 aliphatic heterocycles. The second kappa shape index (κ2) is 11.5. The lowest BCUT2D eigenvalue weighted by molar-refractivity contribution is 0.102. The number of anilines is 1.